The van der Waals surface area contributed by atoms with Gasteiger partial charge in [-0.05, 0) is 67.5 Å². The molecule has 1 aromatic carbocycles. The van der Waals surface area contributed by atoms with Gasteiger partial charge in [0.1, 0.15) is 10.9 Å². The van der Waals surface area contributed by atoms with Crippen molar-refractivity contribution >= 4 is 38.7 Å². The van der Waals surface area contributed by atoms with Gasteiger partial charge in [-0.1, -0.05) is 0 Å². The summed E-state index contributed by atoms with van der Waals surface area (Å²) in [5.74, 6) is 0.315. The molecule has 1 saturated heterocycles. The van der Waals surface area contributed by atoms with Crippen LogP contribution in [-0.4, -0.2) is 43.1 Å². The Morgan fingerprint density at radius 2 is 2.15 bits per heavy atom. The van der Waals surface area contributed by atoms with Crippen LogP contribution in [0.25, 0.3) is 10.2 Å². The first kappa shape index (κ1) is 22.8. The molecule has 34 heavy (non-hydrogen) atoms. The first-order valence-corrected chi connectivity index (χ1v) is 12.5. The standard InChI is InChI=1S/C26H29N5O2S/c1-14-3-6-19-24(29)25(34-26(19)30-14)22(32)8-15-4-5-16-10-21(18(11-27)9-17(16)7-15)31-12-20(28)23(13-31)33-2/h3,6,9-10,15,20,23H,4-5,7-8,12-13,28-29H2,1-2H3/t15-,20-,23-/m0/s1. The highest BCUT2D eigenvalue weighted by Gasteiger charge is 2.32. The maximum atomic E-state index is 13.2. The molecule has 2 aliphatic rings. The van der Waals surface area contributed by atoms with Crippen molar-refractivity contribution < 1.29 is 9.53 Å². The zero-order chi connectivity index (χ0) is 24.0. The Balaban J connectivity index is 1.34. The van der Waals surface area contributed by atoms with E-state index in [1.54, 1.807) is 7.11 Å². The first-order chi connectivity index (χ1) is 16.4. The molecule has 1 fully saturated rings. The monoisotopic (exact) mass is 475 g/mol. The van der Waals surface area contributed by atoms with Gasteiger partial charge in [-0.25, -0.2) is 4.98 Å². The second-order valence-electron chi connectivity index (χ2n) is 9.48. The van der Waals surface area contributed by atoms with Gasteiger partial charge in [-0.2, -0.15) is 5.26 Å². The molecule has 0 spiro atoms. The number of ketones is 1. The van der Waals surface area contributed by atoms with Crippen LogP contribution in [0.4, 0.5) is 11.4 Å². The van der Waals surface area contributed by atoms with Crippen LogP contribution in [0.3, 0.4) is 0 Å². The van der Waals surface area contributed by atoms with Gasteiger partial charge in [0.2, 0.25) is 0 Å². The van der Waals surface area contributed by atoms with Crippen LogP contribution in [0.1, 0.15) is 44.9 Å². The lowest BCUT2D eigenvalue weighted by Crippen LogP contribution is -2.34. The molecule has 4 N–H and O–H groups in total. The van der Waals surface area contributed by atoms with E-state index in [0.717, 1.165) is 46.4 Å². The molecule has 1 aliphatic carbocycles. The van der Waals surface area contributed by atoms with Crippen molar-refractivity contribution in [3.05, 3.63) is 51.5 Å². The highest BCUT2D eigenvalue weighted by atomic mass is 32.1. The third kappa shape index (κ3) is 4.05. The van der Waals surface area contributed by atoms with Crippen LogP contribution < -0.4 is 16.4 Å². The summed E-state index contributed by atoms with van der Waals surface area (Å²) in [5, 5.41) is 10.7. The van der Waals surface area contributed by atoms with Crippen molar-refractivity contribution in [2.75, 3.05) is 30.8 Å². The minimum absolute atomic E-state index is 0.0292. The van der Waals surface area contributed by atoms with Crippen LogP contribution in [-0.2, 0) is 17.6 Å². The molecular weight excluding hydrogens is 446 g/mol. The van der Waals surface area contributed by atoms with Crippen LogP contribution in [0, 0.1) is 24.2 Å². The van der Waals surface area contributed by atoms with Crippen LogP contribution in [0.15, 0.2) is 24.3 Å². The number of aromatic nitrogens is 1. The molecule has 0 unspecified atom stereocenters. The zero-order valence-corrected chi connectivity index (χ0v) is 20.3. The summed E-state index contributed by atoms with van der Waals surface area (Å²) in [5.41, 5.74) is 18.0. The number of hydrogen-bond acceptors (Lipinski definition) is 8. The molecule has 8 heteroatoms. The summed E-state index contributed by atoms with van der Waals surface area (Å²) in [7, 11) is 1.68. The Morgan fingerprint density at radius 1 is 1.32 bits per heavy atom. The number of fused-ring (bicyclic) bond motifs is 2. The minimum atomic E-state index is -0.0663. The fraction of sp³-hybridized carbons (Fsp3) is 0.423. The van der Waals surface area contributed by atoms with E-state index in [2.05, 4.69) is 22.0 Å². The van der Waals surface area contributed by atoms with Gasteiger partial charge in [0, 0.05) is 37.7 Å². The van der Waals surface area contributed by atoms with Crippen molar-refractivity contribution in [1.29, 1.82) is 5.26 Å². The Bertz CT molecular complexity index is 1310. The van der Waals surface area contributed by atoms with Gasteiger partial charge in [0.25, 0.3) is 0 Å². The number of ether oxygens (including phenoxy) is 1. The summed E-state index contributed by atoms with van der Waals surface area (Å²) in [6, 6.07) is 10.3. The largest absolute Gasteiger partial charge is 0.397 e. The Labute approximate surface area is 203 Å². The van der Waals surface area contributed by atoms with E-state index in [4.69, 9.17) is 16.2 Å². The molecule has 3 heterocycles. The van der Waals surface area contributed by atoms with Gasteiger partial charge in [0.05, 0.1) is 34.0 Å². The minimum Gasteiger partial charge on any atom is -0.397 e. The number of nitriles is 1. The van der Waals surface area contributed by atoms with Crippen molar-refractivity contribution in [2.24, 2.45) is 11.7 Å². The van der Waals surface area contributed by atoms with Gasteiger partial charge in [-0.15, -0.1) is 11.3 Å². The zero-order valence-electron chi connectivity index (χ0n) is 19.5. The lowest BCUT2D eigenvalue weighted by Gasteiger charge is -2.27. The van der Waals surface area contributed by atoms with Crippen LogP contribution in [0.5, 0.6) is 0 Å². The van der Waals surface area contributed by atoms with Gasteiger partial charge in [-0.3, -0.25) is 4.79 Å². The van der Waals surface area contributed by atoms with Gasteiger partial charge >= 0.3 is 0 Å². The topological polar surface area (TPSA) is 118 Å². The smallest absolute Gasteiger partial charge is 0.175 e. The molecule has 7 nitrogen and oxygen atoms in total. The normalized spacial score (nSPS) is 22.1. The predicted octanol–water partition coefficient (Wildman–Crippen LogP) is 3.60. The lowest BCUT2D eigenvalue weighted by atomic mass is 9.80. The molecule has 0 amide bonds. The molecule has 3 atom stereocenters. The third-order valence-electron chi connectivity index (χ3n) is 7.18. The van der Waals surface area contributed by atoms with Gasteiger partial charge in [0.15, 0.2) is 5.78 Å². The first-order valence-electron chi connectivity index (χ1n) is 11.7. The molecular formula is C26H29N5O2S. The molecule has 5 rings (SSSR count). The van der Waals surface area contributed by atoms with E-state index in [0.29, 0.717) is 35.6 Å². The molecule has 0 saturated carbocycles. The second kappa shape index (κ2) is 8.99. The number of nitrogens with two attached hydrogens (primary N) is 2. The Morgan fingerprint density at radius 3 is 2.88 bits per heavy atom. The summed E-state index contributed by atoms with van der Waals surface area (Å²) in [6.07, 6.45) is 3.04. The number of anilines is 2. The number of aryl methyl sites for hydroxylation is 2. The predicted molar refractivity (Wildman–Crippen MR) is 135 cm³/mol. The average Bonchev–Trinajstić information content (AvgIpc) is 3.37. The van der Waals surface area contributed by atoms with E-state index in [-0.39, 0.29) is 23.8 Å². The summed E-state index contributed by atoms with van der Waals surface area (Å²) < 4.78 is 5.49. The number of pyridine rings is 1. The van der Waals surface area contributed by atoms with E-state index in [9.17, 15) is 10.1 Å². The van der Waals surface area contributed by atoms with E-state index in [1.807, 2.05) is 25.1 Å². The number of benzene rings is 1. The van der Waals surface area contributed by atoms with Crippen molar-refractivity contribution in [3.8, 4) is 6.07 Å². The van der Waals surface area contributed by atoms with Crippen LogP contribution >= 0.6 is 11.3 Å². The summed E-state index contributed by atoms with van der Waals surface area (Å²) >= 11 is 1.39. The summed E-state index contributed by atoms with van der Waals surface area (Å²) in [6.45, 7) is 3.30. The highest BCUT2D eigenvalue weighted by Crippen LogP contribution is 2.37. The van der Waals surface area contributed by atoms with E-state index in [1.165, 1.54) is 16.9 Å². The quantitative estimate of drug-likeness (QED) is 0.541. The second-order valence-corrected chi connectivity index (χ2v) is 10.5. The lowest BCUT2D eigenvalue weighted by molar-refractivity contribution is 0.0962. The molecule has 3 aromatic rings. The SMILES string of the molecule is CO[C@H]1CN(c2cc3c(cc2C#N)C[C@@H](CC(=O)c2sc4nc(C)ccc4c2N)CC3)C[C@@H]1N. The van der Waals surface area contributed by atoms with Crippen molar-refractivity contribution in [2.45, 2.75) is 44.8 Å². The summed E-state index contributed by atoms with van der Waals surface area (Å²) in [4.78, 5) is 21.3. The van der Waals surface area contributed by atoms with Crippen molar-refractivity contribution in [1.82, 2.24) is 4.98 Å². The Kier molecular flexibility index (Phi) is 6.02. The fourth-order valence-electron chi connectivity index (χ4n) is 5.29. The number of rotatable bonds is 5. The number of thiophene rings is 1. The number of nitrogen functional groups attached to an aromatic ring is 1. The molecule has 1 aliphatic heterocycles. The van der Waals surface area contributed by atoms with Gasteiger partial charge < -0.3 is 21.1 Å². The fourth-order valence-corrected chi connectivity index (χ4v) is 6.38. The van der Waals surface area contributed by atoms with E-state index >= 15 is 0 Å². The molecule has 176 valence electrons. The number of nitrogens with zero attached hydrogens (tertiary/aromatic N) is 3. The van der Waals surface area contributed by atoms with Crippen molar-refractivity contribution in [3.63, 3.8) is 0 Å². The van der Waals surface area contributed by atoms with E-state index < -0.39 is 0 Å². The maximum absolute atomic E-state index is 13.2. The highest BCUT2D eigenvalue weighted by molar-refractivity contribution is 7.21. The molecule has 0 bridgehead atoms. The Hall–Kier alpha value is -2.99. The number of carbonyl (C=O) groups is 1. The third-order valence-corrected chi connectivity index (χ3v) is 8.34. The maximum Gasteiger partial charge on any atom is 0.175 e. The average molecular weight is 476 g/mol. The van der Waals surface area contributed by atoms with Crippen LogP contribution in [0.2, 0.25) is 0 Å². The molecule has 0 radical (unpaired) electrons. The number of methoxy groups -OCH3 is 1. The molecule has 2 aromatic heterocycles. The number of Topliss-reactive ketones (excluding diaryl/α,β-unsaturated/α-hetero) is 1. The number of hydrogen-bond donors (Lipinski definition) is 2. The number of carbonyl (C=O) groups excluding carboxylic acids is 1.